The predicted octanol–water partition coefficient (Wildman–Crippen LogP) is 1.56. The van der Waals surface area contributed by atoms with Crippen molar-refractivity contribution in [3.05, 3.63) is 29.6 Å². The number of sulfonamides is 1. The molecule has 1 aromatic rings. The molecule has 1 fully saturated rings. The van der Waals surface area contributed by atoms with Gasteiger partial charge in [0.05, 0.1) is 18.0 Å². The number of nitrogens with one attached hydrogen (secondary N) is 1. The van der Waals surface area contributed by atoms with Crippen molar-refractivity contribution in [3.8, 4) is 0 Å². The van der Waals surface area contributed by atoms with Crippen LogP contribution in [-0.2, 0) is 19.6 Å². The number of halogens is 3. The molecular weight excluding hydrogens is 361 g/mol. The lowest BCUT2D eigenvalue weighted by Crippen LogP contribution is -2.37. The van der Waals surface area contributed by atoms with Gasteiger partial charge in [0.25, 0.3) is 0 Å². The van der Waals surface area contributed by atoms with E-state index in [4.69, 9.17) is 4.74 Å². The quantitative estimate of drug-likeness (QED) is 0.729. The van der Waals surface area contributed by atoms with Crippen LogP contribution in [0.25, 0.3) is 0 Å². The number of ether oxygens (including phenoxy) is 1. The highest BCUT2D eigenvalue weighted by Gasteiger charge is 2.25. The standard InChI is InChI=1S/C15H19F3N2O4S/c1-25(22,23)20(12-5-4-11(16)14(17)15(12)18)7-6-13(21)19-9-10-3-2-8-24-10/h4-5,10H,2-3,6-9H2,1H3,(H,19,21). The molecule has 1 saturated heterocycles. The minimum atomic E-state index is -4.00. The molecule has 0 bridgehead atoms. The van der Waals surface area contributed by atoms with E-state index < -0.39 is 45.6 Å². The topological polar surface area (TPSA) is 75.7 Å². The lowest BCUT2D eigenvalue weighted by Gasteiger charge is -2.23. The van der Waals surface area contributed by atoms with Crippen molar-refractivity contribution in [1.29, 1.82) is 0 Å². The molecule has 25 heavy (non-hydrogen) atoms. The van der Waals surface area contributed by atoms with Crippen molar-refractivity contribution >= 4 is 21.6 Å². The van der Waals surface area contributed by atoms with Crippen molar-refractivity contribution in [2.45, 2.75) is 25.4 Å². The number of benzene rings is 1. The monoisotopic (exact) mass is 380 g/mol. The van der Waals surface area contributed by atoms with Gasteiger partial charge in [0.15, 0.2) is 17.5 Å². The van der Waals surface area contributed by atoms with Crippen molar-refractivity contribution < 1.29 is 31.1 Å². The van der Waals surface area contributed by atoms with Gasteiger partial charge in [0.1, 0.15) is 0 Å². The number of hydrogen-bond acceptors (Lipinski definition) is 4. The zero-order valence-electron chi connectivity index (χ0n) is 13.6. The van der Waals surface area contributed by atoms with Gasteiger partial charge in [-0.25, -0.2) is 21.6 Å². The molecule has 0 saturated carbocycles. The lowest BCUT2D eigenvalue weighted by atomic mass is 10.2. The van der Waals surface area contributed by atoms with E-state index in [-0.39, 0.29) is 12.5 Å². The van der Waals surface area contributed by atoms with E-state index in [0.29, 0.717) is 23.5 Å². The molecule has 0 spiro atoms. The minimum absolute atomic E-state index is 0.0707. The summed E-state index contributed by atoms with van der Waals surface area (Å²) in [5, 5.41) is 2.60. The van der Waals surface area contributed by atoms with Crippen LogP contribution in [0, 0.1) is 17.5 Å². The van der Waals surface area contributed by atoms with Gasteiger partial charge in [-0.1, -0.05) is 0 Å². The first kappa shape index (κ1) is 19.5. The first-order chi connectivity index (χ1) is 11.7. The molecule has 1 amide bonds. The Bertz CT molecular complexity index is 737. The average molecular weight is 380 g/mol. The summed E-state index contributed by atoms with van der Waals surface area (Å²) in [4.78, 5) is 11.9. The number of carbonyl (C=O) groups is 1. The van der Waals surface area contributed by atoms with Crippen LogP contribution >= 0.6 is 0 Å². The molecule has 0 aromatic heterocycles. The zero-order valence-corrected chi connectivity index (χ0v) is 14.4. The molecule has 2 rings (SSSR count). The van der Waals surface area contributed by atoms with Gasteiger partial charge in [-0.2, -0.15) is 0 Å². The molecule has 1 unspecified atom stereocenters. The smallest absolute Gasteiger partial charge is 0.232 e. The van der Waals surface area contributed by atoms with Crippen molar-refractivity contribution in [2.75, 3.05) is 30.3 Å². The molecule has 1 aromatic carbocycles. The fourth-order valence-electron chi connectivity index (χ4n) is 2.50. The Balaban J connectivity index is 2.04. The number of anilines is 1. The Morgan fingerprint density at radius 2 is 2.04 bits per heavy atom. The number of nitrogens with zero attached hydrogens (tertiary/aromatic N) is 1. The zero-order chi connectivity index (χ0) is 18.6. The Morgan fingerprint density at radius 1 is 1.32 bits per heavy atom. The molecule has 1 N–H and O–H groups in total. The van der Waals surface area contributed by atoms with Crippen molar-refractivity contribution in [1.82, 2.24) is 5.32 Å². The van der Waals surface area contributed by atoms with E-state index in [0.717, 1.165) is 25.2 Å². The lowest BCUT2D eigenvalue weighted by molar-refractivity contribution is -0.121. The average Bonchev–Trinajstić information content (AvgIpc) is 3.05. The molecule has 1 aliphatic heterocycles. The summed E-state index contributed by atoms with van der Waals surface area (Å²) in [6.07, 6.45) is 2.20. The number of amides is 1. The molecule has 1 aliphatic rings. The van der Waals surface area contributed by atoms with Gasteiger partial charge in [0.2, 0.25) is 15.9 Å². The molecule has 140 valence electrons. The summed E-state index contributed by atoms with van der Waals surface area (Å²) < 4.78 is 69.9. The summed E-state index contributed by atoms with van der Waals surface area (Å²) >= 11 is 0. The fraction of sp³-hybridized carbons (Fsp3) is 0.533. The van der Waals surface area contributed by atoms with Gasteiger partial charge in [-0.05, 0) is 25.0 Å². The molecule has 0 aliphatic carbocycles. The Hall–Kier alpha value is -1.81. The third-order valence-electron chi connectivity index (χ3n) is 3.78. The van der Waals surface area contributed by atoms with Crippen LogP contribution in [0.2, 0.25) is 0 Å². The highest BCUT2D eigenvalue weighted by Crippen LogP contribution is 2.25. The highest BCUT2D eigenvalue weighted by atomic mass is 32.2. The minimum Gasteiger partial charge on any atom is -0.376 e. The van der Waals surface area contributed by atoms with Crippen LogP contribution in [0.15, 0.2) is 12.1 Å². The maximum Gasteiger partial charge on any atom is 0.232 e. The van der Waals surface area contributed by atoms with Crippen molar-refractivity contribution in [2.24, 2.45) is 0 Å². The first-order valence-electron chi connectivity index (χ1n) is 7.69. The van der Waals surface area contributed by atoms with Gasteiger partial charge >= 0.3 is 0 Å². The second-order valence-corrected chi connectivity index (χ2v) is 7.63. The van der Waals surface area contributed by atoms with Crippen LogP contribution < -0.4 is 9.62 Å². The normalized spacial score (nSPS) is 17.5. The second kappa shape index (κ2) is 8.05. The Morgan fingerprint density at radius 3 is 2.64 bits per heavy atom. The maximum atomic E-state index is 13.9. The van der Waals surface area contributed by atoms with Crippen LogP contribution in [0.5, 0.6) is 0 Å². The third kappa shape index (κ3) is 5.08. The third-order valence-corrected chi connectivity index (χ3v) is 4.96. The summed E-state index contributed by atoms with van der Waals surface area (Å²) in [5.41, 5.74) is -0.645. The van der Waals surface area contributed by atoms with Crippen LogP contribution in [-0.4, -0.2) is 46.4 Å². The van der Waals surface area contributed by atoms with Crippen LogP contribution in [0.3, 0.4) is 0 Å². The Kier molecular flexibility index (Phi) is 6.28. The fourth-order valence-corrected chi connectivity index (χ4v) is 3.42. The summed E-state index contributed by atoms with van der Waals surface area (Å²) in [5.74, 6) is -5.27. The van der Waals surface area contributed by atoms with Gasteiger partial charge < -0.3 is 10.1 Å². The van der Waals surface area contributed by atoms with E-state index in [1.54, 1.807) is 0 Å². The molecule has 10 heteroatoms. The molecular formula is C15H19F3N2O4S. The largest absolute Gasteiger partial charge is 0.376 e. The molecule has 6 nitrogen and oxygen atoms in total. The van der Waals surface area contributed by atoms with Gasteiger partial charge in [-0.3, -0.25) is 9.10 Å². The predicted molar refractivity (Wildman–Crippen MR) is 85.1 cm³/mol. The number of hydrogen-bond donors (Lipinski definition) is 1. The van der Waals surface area contributed by atoms with E-state index in [9.17, 15) is 26.4 Å². The van der Waals surface area contributed by atoms with E-state index in [2.05, 4.69) is 5.32 Å². The number of carbonyl (C=O) groups excluding carboxylic acids is 1. The molecule has 1 atom stereocenters. The van der Waals surface area contributed by atoms with E-state index in [1.807, 2.05) is 0 Å². The van der Waals surface area contributed by atoms with Crippen molar-refractivity contribution in [3.63, 3.8) is 0 Å². The summed E-state index contributed by atoms with van der Waals surface area (Å²) in [6.45, 7) is 0.535. The second-order valence-electron chi connectivity index (χ2n) is 5.72. The maximum absolute atomic E-state index is 13.9. The van der Waals surface area contributed by atoms with E-state index >= 15 is 0 Å². The van der Waals surface area contributed by atoms with Crippen LogP contribution in [0.1, 0.15) is 19.3 Å². The molecule has 1 heterocycles. The highest BCUT2D eigenvalue weighted by molar-refractivity contribution is 7.92. The van der Waals surface area contributed by atoms with Gasteiger partial charge in [0, 0.05) is 26.1 Å². The number of rotatable bonds is 7. The Labute approximate surface area is 144 Å². The van der Waals surface area contributed by atoms with Crippen LogP contribution in [0.4, 0.5) is 18.9 Å². The SMILES string of the molecule is CS(=O)(=O)N(CCC(=O)NCC1CCCO1)c1ccc(F)c(F)c1F. The van der Waals surface area contributed by atoms with E-state index in [1.165, 1.54) is 0 Å². The summed E-state index contributed by atoms with van der Waals surface area (Å²) in [6, 6.07) is 1.45. The molecule has 0 radical (unpaired) electrons. The van der Waals surface area contributed by atoms with Gasteiger partial charge in [-0.15, -0.1) is 0 Å². The summed E-state index contributed by atoms with van der Waals surface area (Å²) in [7, 11) is -4.00. The first-order valence-corrected chi connectivity index (χ1v) is 9.54.